The quantitative estimate of drug-likeness (QED) is 0.909. The monoisotopic (exact) mass is 361 g/mol. The number of nitrogens with one attached hydrogen (secondary N) is 1. The molecule has 0 radical (unpaired) electrons. The largest absolute Gasteiger partial charge is 0.416 e. The number of hydrogen-bond donors (Lipinski definition) is 1. The van der Waals surface area contributed by atoms with Gasteiger partial charge in [-0.25, -0.2) is 8.42 Å². The lowest BCUT2D eigenvalue weighted by Crippen LogP contribution is -2.14. The summed E-state index contributed by atoms with van der Waals surface area (Å²) in [6.07, 6.45) is -1.05. The van der Waals surface area contributed by atoms with E-state index in [0.29, 0.717) is 19.3 Å². The van der Waals surface area contributed by atoms with Crippen molar-refractivity contribution >= 4 is 15.7 Å². The van der Waals surface area contributed by atoms with E-state index in [4.69, 9.17) is 4.74 Å². The van der Waals surface area contributed by atoms with Crippen molar-refractivity contribution in [3.63, 3.8) is 0 Å². The number of ether oxygens (including phenoxy) is 1. The minimum absolute atomic E-state index is 0.0248. The fraction of sp³-hybridized carbons (Fsp3) is 0.357. The van der Waals surface area contributed by atoms with Crippen LogP contribution in [0.4, 0.5) is 18.9 Å². The van der Waals surface area contributed by atoms with Crippen LogP contribution >= 0.6 is 0 Å². The molecule has 1 unspecified atom stereocenters. The van der Waals surface area contributed by atoms with Gasteiger partial charge in [-0.2, -0.15) is 18.3 Å². The Morgan fingerprint density at radius 2 is 2.12 bits per heavy atom. The summed E-state index contributed by atoms with van der Waals surface area (Å²) in [5.74, 6) is 0. The summed E-state index contributed by atoms with van der Waals surface area (Å²) in [5, 5.41) is 4.06. The summed E-state index contributed by atoms with van der Waals surface area (Å²) in [6, 6.07) is 3.59. The summed E-state index contributed by atoms with van der Waals surface area (Å²) in [6.45, 7) is 1.09. The van der Waals surface area contributed by atoms with Gasteiger partial charge in [0.2, 0.25) is 0 Å². The van der Waals surface area contributed by atoms with Crippen molar-refractivity contribution in [3.8, 4) is 0 Å². The van der Waals surface area contributed by atoms with Crippen molar-refractivity contribution in [2.45, 2.75) is 23.5 Å². The second-order valence-electron chi connectivity index (χ2n) is 5.36. The Morgan fingerprint density at radius 1 is 1.33 bits per heavy atom. The third-order valence-corrected chi connectivity index (χ3v) is 4.98. The molecule has 1 saturated heterocycles. The van der Waals surface area contributed by atoms with Crippen molar-refractivity contribution in [3.05, 3.63) is 42.2 Å². The number of rotatable bonds is 4. The van der Waals surface area contributed by atoms with Crippen LogP contribution in [-0.2, 0) is 20.9 Å². The number of sulfonamides is 1. The number of aromatic nitrogens is 2. The van der Waals surface area contributed by atoms with E-state index < -0.39 is 26.7 Å². The predicted octanol–water partition coefficient (Wildman–Crippen LogP) is 2.66. The molecule has 0 spiro atoms. The fourth-order valence-electron chi connectivity index (χ4n) is 2.37. The van der Waals surface area contributed by atoms with E-state index >= 15 is 0 Å². The van der Waals surface area contributed by atoms with Gasteiger partial charge in [0.1, 0.15) is 0 Å². The van der Waals surface area contributed by atoms with E-state index in [2.05, 4.69) is 9.82 Å². The molecule has 10 heteroatoms. The zero-order chi connectivity index (χ0) is 17.4. The van der Waals surface area contributed by atoms with Crippen LogP contribution in [0, 0.1) is 0 Å². The summed E-state index contributed by atoms with van der Waals surface area (Å²) in [7, 11) is -4.14. The minimum atomic E-state index is -4.61. The van der Waals surface area contributed by atoms with Gasteiger partial charge in [0, 0.05) is 12.8 Å². The van der Waals surface area contributed by atoms with Crippen molar-refractivity contribution in [1.82, 2.24) is 9.78 Å². The molecule has 3 rings (SSSR count). The Labute approximate surface area is 136 Å². The molecule has 0 aliphatic carbocycles. The third-order valence-electron chi connectivity index (χ3n) is 3.61. The molecular formula is C14H14F3N3O3S. The molecular weight excluding hydrogens is 347 g/mol. The molecule has 1 aliphatic rings. The maximum atomic E-state index is 12.7. The smallest absolute Gasteiger partial charge is 0.379 e. The molecule has 0 bridgehead atoms. The van der Waals surface area contributed by atoms with Crippen molar-refractivity contribution in [1.29, 1.82) is 0 Å². The number of halogens is 3. The van der Waals surface area contributed by atoms with E-state index in [1.165, 1.54) is 12.4 Å². The molecule has 1 aliphatic heterocycles. The second kappa shape index (κ2) is 6.10. The van der Waals surface area contributed by atoms with Gasteiger partial charge in [0.25, 0.3) is 10.0 Å². The molecule has 1 fully saturated rings. The Balaban J connectivity index is 1.81. The number of nitrogens with zero attached hydrogens (tertiary/aromatic N) is 2. The molecule has 2 heterocycles. The second-order valence-corrected chi connectivity index (χ2v) is 7.04. The Bertz CT molecular complexity index is 827. The lowest BCUT2D eigenvalue weighted by Gasteiger charge is -2.10. The molecule has 130 valence electrons. The van der Waals surface area contributed by atoms with E-state index in [1.54, 1.807) is 4.68 Å². The van der Waals surface area contributed by atoms with E-state index in [0.717, 1.165) is 24.6 Å². The van der Waals surface area contributed by atoms with Crippen molar-refractivity contribution in [2.24, 2.45) is 0 Å². The van der Waals surface area contributed by atoms with Gasteiger partial charge in [-0.05, 0) is 24.6 Å². The van der Waals surface area contributed by atoms with Crippen LogP contribution in [-0.4, -0.2) is 31.4 Å². The fourth-order valence-corrected chi connectivity index (χ4v) is 3.45. The van der Waals surface area contributed by atoms with Crippen LogP contribution in [0.3, 0.4) is 0 Å². The molecule has 2 aromatic rings. The Hall–Kier alpha value is -2.07. The lowest BCUT2D eigenvalue weighted by atomic mass is 10.2. The number of alkyl halides is 3. The summed E-state index contributed by atoms with van der Waals surface area (Å²) in [4.78, 5) is -0.464. The number of benzene rings is 1. The minimum Gasteiger partial charge on any atom is -0.379 e. The highest BCUT2D eigenvalue weighted by molar-refractivity contribution is 7.92. The molecule has 1 N–H and O–H groups in total. The molecule has 1 atom stereocenters. The predicted molar refractivity (Wildman–Crippen MR) is 79.0 cm³/mol. The van der Waals surface area contributed by atoms with Gasteiger partial charge >= 0.3 is 6.18 Å². The summed E-state index contributed by atoms with van der Waals surface area (Å²) >= 11 is 0. The SMILES string of the molecule is O=S(=O)(Nc1cnn(C2CCOC2)c1)c1cccc(C(F)(F)F)c1. The van der Waals surface area contributed by atoms with Crippen molar-refractivity contribution < 1.29 is 26.3 Å². The van der Waals surface area contributed by atoms with E-state index in [9.17, 15) is 21.6 Å². The highest BCUT2D eigenvalue weighted by atomic mass is 32.2. The molecule has 0 amide bonds. The first-order valence-corrected chi connectivity index (χ1v) is 8.56. The first kappa shape index (κ1) is 16.8. The molecule has 6 nitrogen and oxygen atoms in total. The standard InChI is InChI=1S/C14H14F3N3O3S/c15-14(16,17)10-2-1-3-13(6-10)24(21,22)19-11-7-18-20(8-11)12-4-5-23-9-12/h1-3,6-8,12,19H,4-5,9H2. The van der Waals surface area contributed by atoms with Gasteiger partial charge < -0.3 is 4.74 Å². The van der Waals surface area contributed by atoms with Crippen LogP contribution in [0.25, 0.3) is 0 Å². The zero-order valence-corrected chi connectivity index (χ0v) is 13.1. The Kier molecular flexibility index (Phi) is 4.26. The summed E-state index contributed by atoms with van der Waals surface area (Å²) < 4.78 is 71.7. The highest BCUT2D eigenvalue weighted by Gasteiger charge is 2.31. The lowest BCUT2D eigenvalue weighted by molar-refractivity contribution is -0.137. The highest BCUT2D eigenvalue weighted by Crippen LogP contribution is 2.31. The first-order chi connectivity index (χ1) is 11.3. The normalized spacial score (nSPS) is 18.7. The van der Waals surface area contributed by atoms with E-state index in [-0.39, 0.29) is 11.7 Å². The van der Waals surface area contributed by atoms with Gasteiger partial charge in [-0.3, -0.25) is 9.40 Å². The molecule has 0 saturated carbocycles. The van der Waals surface area contributed by atoms with Gasteiger partial charge in [0.15, 0.2) is 0 Å². The van der Waals surface area contributed by atoms with Crippen LogP contribution in [0.1, 0.15) is 18.0 Å². The maximum Gasteiger partial charge on any atom is 0.416 e. The van der Waals surface area contributed by atoms with Crippen LogP contribution in [0.5, 0.6) is 0 Å². The molecule has 1 aromatic carbocycles. The van der Waals surface area contributed by atoms with Gasteiger partial charge in [-0.15, -0.1) is 0 Å². The molecule has 24 heavy (non-hydrogen) atoms. The average molecular weight is 361 g/mol. The van der Waals surface area contributed by atoms with E-state index in [1.807, 2.05) is 0 Å². The maximum absolute atomic E-state index is 12.7. The zero-order valence-electron chi connectivity index (χ0n) is 12.3. The topological polar surface area (TPSA) is 73.2 Å². The van der Waals surface area contributed by atoms with Gasteiger partial charge in [-0.1, -0.05) is 6.07 Å². The first-order valence-electron chi connectivity index (χ1n) is 7.08. The third kappa shape index (κ3) is 3.54. The average Bonchev–Trinajstić information content (AvgIpc) is 3.17. The number of anilines is 1. The van der Waals surface area contributed by atoms with Crippen molar-refractivity contribution in [2.75, 3.05) is 17.9 Å². The van der Waals surface area contributed by atoms with Crippen LogP contribution < -0.4 is 4.72 Å². The van der Waals surface area contributed by atoms with Gasteiger partial charge in [0.05, 0.1) is 35.0 Å². The summed E-state index contributed by atoms with van der Waals surface area (Å²) in [5.41, 5.74) is -0.844. The van der Waals surface area contributed by atoms with Crippen LogP contribution in [0.15, 0.2) is 41.6 Å². The molecule has 1 aromatic heterocycles. The Morgan fingerprint density at radius 3 is 2.79 bits per heavy atom. The number of hydrogen-bond acceptors (Lipinski definition) is 4. The van der Waals surface area contributed by atoms with Crippen LogP contribution in [0.2, 0.25) is 0 Å².